The van der Waals surface area contributed by atoms with Crippen molar-refractivity contribution >= 4 is 27.8 Å². The zero-order valence-electron chi connectivity index (χ0n) is 14.5. The molecule has 0 atom stereocenters. The predicted molar refractivity (Wildman–Crippen MR) is 106 cm³/mol. The average molecular weight is 403 g/mol. The van der Waals surface area contributed by atoms with E-state index in [0.29, 0.717) is 25.2 Å². The van der Waals surface area contributed by atoms with Crippen LogP contribution in [-0.4, -0.2) is 44.0 Å². The summed E-state index contributed by atoms with van der Waals surface area (Å²) >= 11 is 3.36. The van der Waals surface area contributed by atoms with Crippen LogP contribution in [0.4, 0.5) is 0 Å². The lowest BCUT2D eigenvalue weighted by molar-refractivity contribution is 0.0954. The van der Waals surface area contributed by atoms with Crippen molar-refractivity contribution in [2.75, 3.05) is 27.2 Å². The van der Waals surface area contributed by atoms with Crippen molar-refractivity contribution in [2.24, 2.45) is 4.99 Å². The first-order valence-electron chi connectivity index (χ1n) is 8.09. The van der Waals surface area contributed by atoms with Gasteiger partial charge in [0.15, 0.2) is 5.96 Å². The number of benzene rings is 2. The van der Waals surface area contributed by atoms with E-state index in [1.165, 1.54) is 0 Å². The quantitative estimate of drug-likeness (QED) is 0.443. The SMILES string of the molecule is CN(C)C(=NCc1ccccc1)NCCNC(=O)c1ccc(Br)cc1. The molecule has 0 saturated heterocycles. The lowest BCUT2D eigenvalue weighted by Crippen LogP contribution is -2.41. The van der Waals surface area contributed by atoms with Crippen LogP contribution >= 0.6 is 15.9 Å². The predicted octanol–water partition coefficient (Wildman–Crippen LogP) is 2.89. The molecule has 6 heteroatoms. The summed E-state index contributed by atoms with van der Waals surface area (Å²) in [5, 5.41) is 6.16. The molecule has 2 aromatic carbocycles. The lowest BCUT2D eigenvalue weighted by atomic mass is 10.2. The standard InChI is InChI=1S/C19H23BrN4O/c1-24(2)19(23-14-15-6-4-3-5-7-15)22-13-12-21-18(25)16-8-10-17(20)11-9-16/h3-11H,12-14H2,1-2H3,(H,21,25)(H,22,23). The Morgan fingerprint density at radius 2 is 1.64 bits per heavy atom. The molecule has 0 spiro atoms. The van der Waals surface area contributed by atoms with E-state index in [4.69, 9.17) is 0 Å². The van der Waals surface area contributed by atoms with Gasteiger partial charge >= 0.3 is 0 Å². The molecule has 0 aliphatic heterocycles. The first-order valence-corrected chi connectivity index (χ1v) is 8.89. The van der Waals surface area contributed by atoms with E-state index in [9.17, 15) is 4.79 Å². The van der Waals surface area contributed by atoms with Gasteiger partial charge in [0.25, 0.3) is 5.91 Å². The zero-order valence-corrected chi connectivity index (χ0v) is 16.1. The van der Waals surface area contributed by atoms with Crippen LogP contribution < -0.4 is 10.6 Å². The summed E-state index contributed by atoms with van der Waals surface area (Å²) in [6.07, 6.45) is 0. The fraction of sp³-hybridized carbons (Fsp3) is 0.263. The van der Waals surface area contributed by atoms with Crippen molar-refractivity contribution in [3.8, 4) is 0 Å². The van der Waals surface area contributed by atoms with Gasteiger partial charge in [-0.2, -0.15) is 0 Å². The van der Waals surface area contributed by atoms with Crippen LogP contribution in [-0.2, 0) is 6.54 Å². The van der Waals surface area contributed by atoms with Crippen LogP contribution in [0.5, 0.6) is 0 Å². The maximum absolute atomic E-state index is 12.1. The highest BCUT2D eigenvalue weighted by Gasteiger charge is 2.05. The summed E-state index contributed by atoms with van der Waals surface area (Å²) in [5.41, 5.74) is 1.81. The topological polar surface area (TPSA) is 56.7 Å². The fourth-order valence-electron chi connectivity index (χ4n) is 2.16. The monoisotopic (exact) mass is 402 g/mol. The Morgan fingerprint density at radius 3 is 2.28 bits per heavy atom. The first-order chi connectivity index (χ1) is 12.1. The van der Waals surface area contributed by atoms with E-state index < -0.39 is 0 Å². The highest BCUT2D eigenvalue weighted by molar-refractivity contribution is 9.10. The molecule has 132 valence electrons. The number of amides is 1. The largest absolute Gasteiger partial charge is 0.354 e. The van der Waals surface area contributed by atoms with Gasteiger partial charge in [0, 0.05) is 37.2 Å². The minimum Gasteiger partial charge on any atom is -0.354 e. The molecule has 0 heterocycles. The summed E-state index contributed by atoms with van der Waals surface area (Å²) < 4.78 is 0.955. The molecule has 0 aliphatic carbocycles. The molecule has 0 fully saturated rings. The van der Waals surface area contributed by atoms with Crippen molar-refractivity contribution in [1.29, 1.82) is 0 Å². The molecular formula is C19H23BrN4O. The number of nitrogens with zero attached hydrogens (tertiary/aromatic N) is 2. The number of carbonyl (C=O) groups excluding carboxylic acids is 1. The summed E-state index contributed by atoms with van der Waals surface area (Å²) in [6.45, 7) is 1.74. The minimum absolute atomic E-state index is 0.0815. The van der Waals surface area contributed by atoms with E-state index in [-0.39, 0.29) is 5.91 Å². The molecule has 25 heavy (non-hydrogen) atoms. The van der Waals surface area contributed by atoms with E-state index in [0.717, 1.165) is 16.0 Å². The Morgan fingerprint density at radius 1 is 1.00 bits per heavy atom. The normalized spacial score (nSPS) is 11.1. The molecule has 0 aromatic heterocycles. The summed E-state index contributed by atoms with van der Waals surface area (Å²) in [6, 6.07) is 17.4. The smallest absolute Gasteiger partial charge is 0.251 e. The second-order valence-corrected chi connectivity index (χ2v) is 6.63. The Bertz CT molecular complexity index is 699. The van der Waals surface area contributed by atoms with Gasteiger partial charge < -0.3 is 15.5 Å². The maximum Gasteiger partial charge on any atom is 0.251 e. The highest BCUT2D eigenvalue weighted by atomic mass is 79.9. The third kappa shape index (κ3) is 6.58. The van der Waals surface area contributed by atoms with Crippen LogP contribution in [0.1, 0.15) is 15.9 Å². The summed E-state index contributed by atoms with van der Waals surface area (Å²) in [7, 11) is 3.88. The molecule has 1 amide bonds. The number of hydrogen-bond donors (Lipinski definition) is 2. The molecule has 2 N–H and O–H groups in total. The number of halogens is 1. The highest BCUT2D eigenvalue weighted by Crippen LogP contribution is 2.10. The molecule has 0 saturated carbocycles. The van der Waals surface area contributed by atoms with Crippen molar-refractivity contribution < 1.29 is 4.79 Å². The number of hydrogen-bond acceptors (Lipinski definition) is 2. The molecule has 5 nitrogen and oxygen atoms in total. The number of aliphatic imine (C=N–C) groups is 1. The number of rotatable bonds is 6. The Balaban J connectivity index is 1.79. The molecule has 0 aliphatic rings. The van der Waals surface area contributed by atoms with Crippen LogP contribution in [0.3, 0.4) is 0 Å². The van der Waals surface area contributed by atoms with Crippen LogP contribution in [0.25, 0.3) is 0 Å². The molecule has 0 unspecified atom stereocenters. The second kappa shape index (κ2) is 9.84. The summed E-state index contributed by atoms with van der Waals surface area (Å²) in [4.78, 5) is 18.6. The summed E-state index contributed by atoms with van der Waals surface area (Å²) in [5.74, 6) is 0.712. The van der Waals surface area contributed by atoms with Crippen LogP contribution in [0.2, 0.25) is 0 Å². The van der Waals surface area contributed by atoms with Gasteiger partial charge in [0.05, 0.1) is 6.54 Å². The van der Waals surface area contributed by atoms with Gasteiger partial charge in [-0.25, -0.2) is 4.99 Å². The van der Waals surface area contributed by atoms with Crippen molar-refractivity contribution in [2.45, 2.75) is 6.54 Å². The Kier molecular flexibility index (Phi) is 7.47. The van der Waals surface area contributed by atoms with Crippen molar-refractivity contribution in [1.82, 2.24) is 15.5 Å². The maximum atomic E-state index is 12.1. The zero-order chi connectivity index (χ0) is 18.1. The van der Waals surface area contributed by atoms with Crippen molar-refractivity contribution in [3.63, 3.8) is 0 Å². The van der Waals surface area contributed by atoms with Gasteiger partial charge in [-0.1, -0.05) is 46.3 Å². The van der Waals surface area contributed by atoms with Gasteiger partial charge in [-0.15, -0.1) is 0 Å². The number of nitrogens with one attached hydrogen (secondary N) is 2. The second-order valence-electron chi connectivity index (χ2n) is 5.71. The third-order valence-corrected chi connectivity index (χ3v) is 4.01. The van der Waals surface area contributed by atoms with Crippen LogP contribution in [0, 0.1) is 0 Å². The third-order valence-electron chi connectivity index (χ3n) is 3.48. The van der Waals surface area contributed by atoms with Gasteiger partial charge in [0.1, 0.15) is 0 Å². The molecule has 2 aromatic rings. The fourth-order valence-corrected chi connectivity index (χ4v) is 2.42. The molecule has 2 rings (SSSR count). The van der Waals surface area contributed by atoms with Gasteiger partial charge in [-0.05, 0) is 29.8 Å². The Labute approximate surface area is 157 Å². The van der Waals surface area contributed by atoms with E-state index >= 15 is 0 Å². The molecule has 0 bridgehead atoms. The average Bonchev–Trinajstić information content (AvgIpc) is 2.62. The number of guanidine groups is 1. The Hall–Kier alpha value is -2.34. The van der Waals surface area contributed by atoms with Gasteiger partial charge in [-0.3, -0.25) is 4.79 Å². The molecular weight excluding hydrogens is 380 g/mol. The van der Waals surface area contributed by atoms with Gasteiger partial charge in [0.2, 0.25) is 0 Å². The van der Waals surface area contributed by atoms with E-state index in [1.807, 2.05) is 49.3 Å². The van der Waals surface area contributed by atoms with E-state index in [1.54, 1.807) is 12.1 Å². The van der Waals surface area contributed by atoms with E-state index in [2.05, 4.69) is 43.7 Å². The molecule has 0 radical (unpaired) electrons. The minimum atomic E-state index is -0.0815. The first kappa shape index (κ1) is 19.0. The lowest BCUT2D eigenvalue weighted by Gasteiger charge is -2.18. The van der Waals surface area contributed by atoms with Crippen molar-refractivity contribution in [3.05, 3.63) is 70.2 Å². The van der Waals surface area contributed by atoms with Crippen LogP contribution in [0.15, 0.2) is 64.1 Å². The number of carbonyl (C=O) groups is 1.